The average Bonchev–Trinajstić information content (AvgIpc) is 3.16. The number of hydrogen-bond acceptors (Lipinski definition) is 3. The van der Waals surface area contributed by atoms with E-state index >= 15 is 0 Å². The Balaban J connectivity index is 1.42. The second kappa shape index (κ2) is 5.88. The highest BCUT2D eigenvalue weighted by atomic mass is 16.5. The number of amides is 1. The number of piperidine rings is 1. The molecular formula is C17H28N2O2. The van der Waals surface area contributed by atoms with E-state index in [1.54, 1.807) is 0 Å². The molecule has 2 aliphatic heterocycles. The topological polar surface area (TPSA) is 41.6 Å². The van der Waals surface area contributed by atoms with E-state index < -0.39 is 0 Å². The predicted molar refractivity (Wildman–Crippen MR) is 80.9 cm³/mol. The van der Waals surface area contributed by atoms with Crippen LogP contribution in [-0.2, 0) is 9.53 Å². The fraction of sp³-hybridized carbons (Fsp3) is 0.941. The first-order valence-corrected chi connectivity index (χ1v) is 8.97. The van der Waals surface area contributed by atoms with Gasteiger partial charge in [-0.2, -0.15) is 0 Å². The number of fused-ring (bicyclic) bond motifs is 1. The standard InChI is InChI=1S/C17H28N2O2/c20-17(18-12-5-6-12)14-8-10-21-16-7-9-19(11-15(14)16)13-3-1-2-4-13/h12-16H,1-11H2,(H,18,20)/t14-,15+,16-/m1/s1. The first-order chi connectivity index (χ1) is 10.3. The van der Waals surface area contributed by atoms with Crippen molar-refractivity contribution >= 4 is 5.91 Å². The number of rotatable bonds is 3. The van der Waals surface area contributed by atoms with Gasteiger partial charge < -0.3 is 10.1 Å². The van der Waals surface area contributed by atoms with Gasteiger partial charge in [0.2, 0.25) is 5.91 Å². The molecule has 4 aliphatic rings. The molecule has 4 heteroatoms. The molecule has 0 radical (unpaired) electrons. The maximum atomic E-state index is 12.5. The number of carbonyl (C=O) groups is 1. The molecule has 2 saturated carbocycles. The summed E-state index contributed by atoms with van der Waals surface area (Å²) in [5.41, 5.74) is 0. The molecule has 4 fully saturated rings. The molecule has 1 amide bonds. The van der Waals surface area contributed by atoms with Crippen molar-refractivity contribution < 1.29 is 9.53 Å². The molecule has 1 N–H and O–H groups in total. The molecule has 2 aliphatic carbocycles. The molecule has 4 nitrogen and oxygen atoms in total. The summed E-state index contributed by atoms with van der Waals surface area (Å²) in [4.78, 5) is 15.2. The summed E-state index contributed by atoms with van der Waals surface area (Å²) >= 11 is 0. The Morgan fingerprint density at radius 2 is 1.86 bits per heavy atom. The summed E-state index contributed by atoms with van der Waals surface area (Å²) in [6, 6.07) is 1.26. The molecule has 21 heavy (non-hydrogen) atoms. The van der Waals surface area contributed by atoms with Gasteiger partial charge in [0, 0.05) is 43.6 Å². The highest BCUT2D eigenvalue weighted by molar-refractivity contribution is 5.79. The lowest BCUT2D eigenvalue weighted by molar-refractivity contribution is -0.143. The average molecular weight is 292 g/mol. The molecule has 2 heterocycles. The normalized spacial score (nSPS) is 38.2. The van der Waals surface area contributed by atoms with Crippen LogP contribution in [0.3, 0.4) is 0 Å². The largest absolute Gasteiger partial charge is 0.378 e. The van der Waals surface area contributed by atoms with Crippen LogP contribution < -0.4 is 5.32 Å². The zero-order valence-corrected chi connectivity index (χ0v) is 12.9. The van der Waals surface area contributed by atoms with Crippen molar-refractivity contribution in [2.45, 2.75) is 69.6 Å². The Bertz CT molecular complexity index is 390. The predicted octanol–water partition coefficient (Wildman–Crippen LogP) is 1.93. The molecule has 0 spiro atoms. The van der Waals surface area contributed by atoms with E-state index in [1.807, 2.05) is 0 Å². The van der Waals surface area contributed by atoms with E-state index in [9.17, 15) is 4.79 Å². The lowest BCUT2D eigenvalue weighted by atomic mass is 9.78. The Morgan fingerprint density at radius 1 is 1.05 bits per heavy atom. The van der Waals surface area contributed by atoms with Crippen molar-refractivity contribution in [3.8, 4) is 0 Å². The van der Waals surface area contributed by atoms with Crippen LogP contribution in [0, 0.1) is 11.8 Å². The van der Waals surface area contributed by atoms with Gasteiger partial charge in [-0.15, -0.1) is 0 Å². The van der Waals surface area contributed by atoms with Gasteiger partial charge in [0.05, 0.1) is 6.10 Å². The van der Waals surface area contributed by atoms with Crippen LogP contribution in [0.1, 0.15) is 51.4 Å². The number of ether oxygens (including phenoxy) is 1. The number of likely N-dealkylation sites (tertiary alicyclic amines) is 1. The van der Waals surface area contributed by atoms with Gasteiger partial charge in [-0.3, -0.25) is 9.69 Å². The van der Waals surface area contributed by atoms with E-state index in [0.29, 0.717) is 24.0 Å². The molecule has 2 saturated heterocycles. The van der Waals surface area contributed by atoms with Crippen molar-refractivity contribution in [1.82, 2.24) is 10.2 Å². The number of nitrogens with one attached hydrogen (secondary N) is 1. The first kappa shape index (κ1) is 14.0. The smallest absolute Gasteiger partial charge is 0.223 e. The minimum atomic E-state index is 0.188. The zero-order chi connectivity index (χ0) is 14.2. The van der Waals surface area contributed by atoms with E-state index in [4.69, 9.17) is 4.74 Å². The molecule has 4 rings (SSSR count). The van der Waals surface area contributed by atoms with Crippen LogP contribution in [0.2, 0.25) is 0 Å². The summed E-state index contributed by atoms with van der Waals surface area (Å²) in [6.07, 6.45) is 10.2. The van der Waals surface area contributed by atoms with Crippen LogP contribution >= 0.6 is 0 Å². The Morgan fingerprint density at radius 3 is 2.62 bits per heavy atom. The van der Waals surface area contributed by atoms with Crippen LogP contribution in [0.25, 0.3) is 0 Å². The minimum Gasteiger partial charge on any atom is -0.378 e. The van der Waals surface area contributed by atoms with Gasteiger partial charge in [0.1, 0.15) is 0 Å². The molecule has 0 unspecified atom stereocenters. The van der Waals surface area contributed by atoms with E-state index in [0.717, 1.165) is 32.0 Å². The van der Waals surface area contributed by atoms with Crippen molar-refractivity contribution in [2.24, 2.45) is 11.8 Å². The second-order valence-electron chi connectivity index (χ2n) is 7.47. The highest BCUT2D eigenvalue weighted by Gasteiger charge is 2.43. The summed E-state index contributed by atoms with van der Waals surface area (Å²) in [5, 5.41) is 3.23. The molecule has 0 aromatic carbocycles. The SMILES string of the molecule is O=C(NC1CC1)[C@@H]1CCO[C@@H]2CCN(C3CCCC3)C[C@H]21. The summed E-state index contributed by atoms with van der Waals surface area (Å²) in [7, 11) is 0. The summed E-state index contributed by atoms with van der Waals surface area (Å²) < 4.78 is 5.99. The highest BCUT2D eigenvalue weighted by Crippen LogP contribution is 2.36. The monoisotopic (exact) mass is 292 g/mol. The van der Waals surface area contributed by atoms with Gasteiger partial charge in [-0.25, -0.2) is 0 Å². The first-order valence-electron chi connectivity index (χ1n) is 8.97. The Labute approximate surface area is 127 Å². The van der Waals surface area contributed by atoms with Crippen molar-refractivity contribution in [1.29, 1.82) is 0 Å². The molecule has 0 aromatic heterocycles. The molecular weight excluding hydrogens is 264 g/mol. The third kappa shape index (κ3) is 2.98. The summed E-state index contributed by atoms with van der Waals surface area (Å²) in [5.74, 6) is 0.921. The summed E-state index contributed by atoms with van der Waals surface area (Å²) in [6.45, 7) is 3.02. The third-order valence-corrected chi connectivity index (χ3v) is 6.00. The number of carbonyl (C=O) groups excluding carboxylic acids is 1. The zero-order valence-electron chi connectivity index (χ0n) is 12.9. The van der Waals surface area contributed by atoms with Gasteiger partial charge in [-0.1, -0.05) is 12.8 Å². The maximum absolute atomic E-state index is 12.5. The van der Waals surface area contributed by atoms with E-state index in [1.165, 1.54) is 45.1 Å². The van der Waals surface area contributed by atoms with E-state index in [-0.39, 0.29) is 5.92 Å². The van der Waals surface area contributed by atoms with Crippen LogP contribution in [-0.4, -0.2) is 48.7 Å². The minimum absolute atomic E-state index is 0.188. The van der Waals surface area contributed by atoms with Crippen molar-refractivity contribution in [2.75, 3.05) is 19.7 Å². The van der Waals surface area contributed by atoms with Crippen LogP contribution in [0.4, 0.5) is 0 Å². The quantitative estimate of drug-likeness (QED) is 0.864. The van der Waals surface area contributed by atoms with Crippen LogP contribution in [0.5, 0.6) is 0 Å². The fourth-order valence-electron chi connectivity index (χ4n) is 4.60. The Hall–Kier alpha value is -0.610. The molecule has 0 bridgehead atoms. The Kier molecular flexibility index (Phi) is 3.92. The van der Waals surface area contributed by atoms with E-state index in [2.05, 4.69) is 10.2 Å². The van der Waals surface area contributed by atoms with Gasteiger partial charge in [0.15, 0.2) is 0 Å². The third-order valence-electron chi connectivity index (χ3n) is 6.00. The molecule has 3 atom stereocenters. The lowest BCUT2D eigenvalue weighted by Crippen LogP contribution is -2.55. The van der Waals surface area contributed by atoms with Gasteiger partial charge in [-0.05, 0) is 38.5 Å². The molecule has 0 aromatic rings. The second-order valence-corrected chi connectivity index (χ2v) is 7.47. The van der Waals surface area contributed by atoms with Crippen LogP contribution in [0.15, 0.2) is 0 Å². The fourth-order valence-corrected chi connectivity index (χ4v) is 4.60. The van der Waals surface area contributed by atoms with Crippen molar-refractivity contribution in [3.63, 3.8) is 0 Å². The van der Waals surface area contributed by atoms with Gasteiger partial charge >= 0.3 is 0 Å². The lowest BCUT2D eigenvalue weighted by Gasteiger charge is -2.46. The van der Waals surface area contributed by atoms with Gasteiger partial charge in [0.25, 0.3) is 0 Å². The number of hydrogen-bond donors (Lipinski definition) is 1. The number of nitrogens with zero attached hydrogens (tertiary/aromatic N) is 1. The van der Waals surface area contributed by atoms with Crippen molar-refractivity contribution in [3.05, 3.63) is 0 Å². The molecule has 118 valence electrons. The maximum Gasteiger partial charge on any atom is 0.223 e.